The molecular formula is C14H17ClN6O2S. The highest BCUT2D eigenvalue weighted by atomic mass is 35.5. The molecule has 3 heterocycles. The van der Waals surface area contributed by atoms with Crippen molar-refractivity contribution in [2.45, 2.75) is 24.0 Å². The average Bonchev–Trinajstić information content (AvgIpc) is 3.27. The summed E-state index contributed by atoms with van der Waals surface area (Å²) in [7, 11) is 1.87. The fraction of sp³-hybridized carbons (Fsp3) is 0.286. The van der Waals surface area contributed by atoms with Crippen LogP contribution in [-0.4, -0.2) is 32.0 Å². The summed E-state index contributed by atoms with van der Waals surface area (Å²) in [5, 5.41) is 16.2. The smallest absolute Gasteiger partial charge is 0.293 e. The molecule has 0 fully saturated rings. The van der Waals surface area contributed by atoms with E-state index in [1.54, 1.807) is 18.4 Å². The number of furan rings is 1. The van der Waals surface area contributed by atoms with Crippen LogP contribution in [0.1, 0.15) is 11.6 Å². The van der Waals surface area contributed by atoms with Gasteiger partial charge in [0.15, 0.2) is 16.7 Å². The lowest BCUT2D eigenvalue weighted by Crippen LogP contribution is -2.12. The van der Waals surface area contributed by atoms with Gasteiger partial charge in [0.25, 0.3) is 5.89 Å². The van der Waals surface area contributed by atoms with Crippen LogP contribution >= 0.6 is 24.2 Å². The summed E-state index contributed by atoms with van der Waals surface area (Å²) in [4.78, 5) is 4.30. The van der Waals surface area contributed by atoms with E-state index in [0.29, 0.717) is 36.3 Å². The van der Waals surface area contributed by atoms with Crippen molar-refractivity contribution in [3.63, 3.8) is 0 Å². The number of thioether (sulfide) groups is 1. The number of nitrogens with one attached hydrogen (secondary N) is 1. The number of nitrogens with zero attached hydrogens (tertiary/aromatic N) is 5. The zero-order valence-corrected chi connectivity index (χ0v) is 14.6. The Labute approximate surface area is 149 Å². The molecule has 0 aromatic carbocycles. The first-order valence-electron chi connectivity index (χ1n) is 6.98. The molecule has 1 N–H and O–H groups in total. The SMILES string of the molecule is C=CCn1c(CNC)nnc1SCc1noc(-c2ccco2)n1.Cl. The highest BCUT2D eigenvalue weighted by molar-refractivity contribution is 7.98. The van der Waals surface area contributed by atoms with Crippen molar-refractivity contribution in [2.24, 2.45) is 0 Å². The van der Waals surface area contributed by atoms with Crippen LogP contribution in [0, 0.1) is 0 Å². The molecule has 3 rings (SSSR count). The molecule has 0 amide bonds. The second-order valence-electron chi connectivity index (χ2n) is 4.61. The van der Waals surface area contributed by atoms with Gasteiger partial charge in [0, 0.05) is 6.54 Å². The van der Waals surface area contributed by atoms with Gasteiger partial charge in [-0.05, 0) is 19.2 Å². The summed E-state index contributed by atoms with van der Waals surface area (Å²) in [5.74, 6) is 2.89. The average molecular weight is 369 g/mol. The summed E-state index contributed by atoms with van der Waals surface area (Å²) in [5.41, 5.74) is 0. The summed E-state index contributed by atoms with van der Waals surface area (Å²) in [6.45, 7) is 5.07. The largest absolute Gasteiger partial charge is 0.459 e. The predicted octanol–water partition coefficient (Wildman–Crippen LogP) is 2.54. The minimum absolute atomic E-state index is 0. The summed E-state index contributed by atoms with van der Waals surface area (Å²) in [6.07, 6.45) is 3.38. The maximum absolute atomic E-state index is 5.23. The van der Waals surface area contributed by atoms with Gasteiger partial charge < -0.3 is 18.8 Å². The quantitative estimate of drug-likeness (QED) is 0.478. The Morgan fingerprint density at radius 2 is 2.29 bits per heavy atom. The van der Waals surface area contributed by atoms with Crippen molar-refractivity contribution >= 4 is 24.2 Å². The van der Waals surface area contributed by atoms with E-state index >= 15 is 0 Å². The van der Waals surface area contributed by atoms with Gasteiger partial charge in [-0.3, -0.25) is 0 Å². The molecule has 24 heavy (non-hydrogen) atoms. The molecule has 0 aliphatic heterocycles. The van der Waals surface area contributed by atoms with Crippen molar-refractivity contribution < 1.29 is 8.94 Å². The number of rotatable bonds is 8. The van der Waals surface area contributed by atoms with Gasteiger partial charge in [-0.15, -0.1) is 29.2 Å². The first-order chi connectivity index (χ1) is 11.3. The Morgan fingerprint density at radius 1 is 1.42 bits per heavy atom. The molecule has 8 nitrogen and oxygen atoms in total. The number of aromatic nitrogens is 5. The molecule has 3 aromatic heterocycles. The van der Waals surface area contributed by atoms with Gasteiger partial charge in [-0.25, -0.2) is 0 Å². The van der Waals surface area contributed by atoms with Gasteiger partial charge in [0.1, 0.15) is 5.82 Å². The molecule has 0 radical (unpaired) electrons. The van der Waals surface area contributed by atoms with Gasteiger partial charge in [0.2, 0.25) is 0 Å². The van der Waals surface area contributed by atoms with Crippen molar-refractivity contribution in [2.75, 3.05) is 7.05 Å². The standard InChI is InChI=1S/C14H16N6O2S.ClH/c1-3-6-20-12(8-15-2)17-18-14(20)23-9-11-16-13(22-19-11)10-5-4-7-21-10;/h3-5,7,15H,1,6,8-9H2,2H3;1H. The first-order valence-corrected chi connectivity index (χ1v) is 7.97. The van der Waals surface area contributed by atoms with Crippen LogP contribution in [-0.2, 0) is 18.8 Å². The monoisotopic (exact) mass is 368 g/mol. The molecule has 3 aromatic rings. The van der Waals surface area contributed by atoms with Gasteiger partial charge in [0.05, 0.1) is 18.6 Å². The van der Waals surface area contributed by atoms with E-state index in [4.69, 9.17) is 8.94 Å². The fourth-order valence-corrected chi connectivity index (χ4v) is 2.78. The zero-order chi connectivity index (χ0) is 16.1. The van der Waals surface area contributed by atoms with Crippen molar-refractivity contribution in [1.29, 1.82) is 0 Å². The topological polar surface area (TPSA) is 94.8 Å². The maximum Gasteiger partial charge on any atom is 0.293 e. The summed E-state index contributed by atoms with van der Waals surface area (Å²) < 4.78 is 12.4. The third kappa shape index (κ3) is 4.05. The number of allylic oxidation sites excluding steroid dienone is 1. The molecule has 0 unspecified atom stereocenters. The molecule has 0 aliphatic rings. The van der Waals surface area contributed by atoms with Crippen LogP contribution < -0.4 is 5.32 Å². The lowest BCUT2D eigenvalue weighted by Gasteiger charge is -2.06. The second-order valence-corrected chi connectivity index (χ2v) is 5.55. The molecule has 10 heteroatoms. The Kier molecular flexibility index (Phi) is 6.59. The van der Waals surface area contributed by atoms with Crippen LogP contribution in [0.4, 0.5) is 0 Å². The Bertz CT molecular complexity index is 770. The minimum atomic E-state index is 0. The van der Waals surface area contributed by atoms with Gasteiger partial charge >= 0.3 is 0 Å². The first kappa shape index (κ1) is 18.2. The van der Waals surface area contributed by atoms with E-state index in [9.17, 15) is 0 Å². The highest BCUT2D eigenvalue weighted by Crippen LogP contribution is 2.23. The predicted molar refractivity (Wildman–Crippen MR) is 91.8 cm³/mol. The van der Waals surface area contributed by atoms with E-state index < -0.39 is 0 Å². The van der Waals surface area contributed by atoms with Crippen LogP contribution in [0.2, 0.25) is 0 Å². The second kappa shape index (κ2) is 8.67. The van der Waals surface area contributed by atoms with E-state index in [1.165, 1.54) is 11.8 Å². The van der Waals surface area contributed by atoms with E-state index in [1.807, 2.05) is 17.7 Å². The molecule has 0 saturated carbocycles. The van der Waals surface area contributed by atoms with E-state index in [-0.39, 0.29) is 12.4 Å². The third-order valence-electron chi connectivity index (χ3n) is 2.97. The lowest BCUT2D eigenvalue weighted by molar-refractivity contribution is 0.411. The van der Waals surface area contributed by atoms with Crippen LogP contribution in [0.15, 0.2) is 45.1 Å². The van der Waals surface area contributed by atoms with E-state index in [0.717, 1.165) is 11.0 Å². The van der Waals surface area contributed by atoms with Crippen molar-refractivity contribution in [1.82, 2.24) is 30.2 Å². The summed E-state index contributed by atoms with van der Waals surface area (Å²) in [6, 6.07) is 3.55. The Hall–Kier alpha value is -2.10. The molecule has 128 valence electrons. The summed E-state index contributed by atoms with van der Waals surface area (Å²) >= 11 is 1.50. The lowest BCUT2D eigenvalue weighted by atomic mass is 10.4. The minimum Gasteiger partial charge on any atom is -0.459 e. The number of halogens is 1. The normalized spacial score (nSPS) is 10.5. The molecular weight excluding hydrogens is 352 g/mol. The molecule has 0 saturated heterocycles. The van der Waals surface area contributed by atoms with Gasteiger partial charge in [-0.2, -0.15) is 4.98 Å². The van der Waals surface area contributed by atoms with Crippen LogP contribution in [0.25, 0.3) is 11.7 Å². The third-order valence-corrected chi connectivity index (χ3v) is 3.93. The Morgan fingerprint density at radius 3 is 3.00 bits per heavy atom. The molecule has 0 aliphatic carbocycles. The molecule has 0 bridgehead atoms. The fourth-order valence-electron chi connectivity index (χ4n) is 1.97. The molecule has 0 spiro atoms. The van der Waals surface area contributed by atoms with Crippen molar-refractivity contribution in [3.8, 4) is 11.7 Å². The van der Waals surface area contributed by atoms with Crippen LogP contribution in [0.3, 0.4) is 0 Å². The number of hydrogen-bond donors (Lipinski definition) is 1. The highest BCUT2D eigenvalue weighted by Gasteiger charge is 2.15. The van der Waals surface area contributed by atoms with Gasteiger partial charge in [-0.1, -0.05) is 23.0 Å². The van der Waals surface area contributed by atoms with Crippen molar-refractivity contribution in [3.05, 3.63) is 42.7 Å². The number of hydrogen-bond acceptors (Lipinski definition) is 8. The van der Waals surface area contributed by atoms with Crippen LogP contribution in [0.5, 0.6) is 0 Å². The molecule has 0 atom stereocenters. The Balaban J connectivity index is 0.00000208. The zero-order valence-electron chi connectivity index (χ0n) is 13.0. The van der Waals surface area contributed by atoms with E-state index in [2.05, 4.69) is 32.2 Å². The maximum atomic E-state index is 5.23.